The van der Waals surface area contributed by atoms with Crippen LogP contribution in [0.1, 0.15) is 5.69 Å². The Morgan fingerprint density at radius 3 is 2.94 bits per heavy atom. The molecule has 94 valence electrons. The molecule has 0 aliphatic carbocycles. The Hall–Kier alpha value is -1.62. The molecule has 0 aliphatic rings. The number of halogens is 2. The first kappa shape index (κ1) is 12.8. The average molecular weight is 311 g/mol. The van der Waals surface area contributed by atoms with Gasteiger partial charge in [0.15, 0.2) is 11.6 Å². The number of benzene rings is 1. The fourth-order valence-electron chi connectivity index (χ4n) is 1.45. The van der Waals surface area contributed by atoms with Crippen molar-refractivity contribution in [3.05, 3.63) is 52.5 Å². The molecule has 0 atom stereocenters. The zero-order valence-electron chi connectivity index (χ0n) is 9.78. The molecule has 0 saturated heterocycles. The van der Waals surface area contributed by atoms with E-state index in [0.717, 1.165) is 15.9 Å². The highest BCUT2D eigenvalue weighted by Gasteiger charge is 2.05. The number of anilines is 1. The number of hydrogen-bond acceptors (Lipinski definition) is 3. The SMILES string of the molecule is CNc1ccnc(COc2cc(Br)ccc2F)c1. The minimum absolute atomic E-state index is 0.209. The van der Waals surface area contributed by atoms with Crippen LogP contribution < -0.4 is 10.1 Å². The highest BCUT2D eigenvalue weighted by atomic mass is 79.9. The first-order valence-corrected chi connectivity index (χ1v) is 6.19. The maximum Gasteiger partial charge on any atom is 0.165 e. The first-order valence-electron chi connectivity index (χ1n) is 5.39. The molecular weight excluding hydrogens is 299 g/mol. The van der Waals surface area contributed by atoms with Crippen molar-refractivity contribution in [1.29, 1.82) is 0 Å². The molecule has 5 heteroatoms. The predicted octanol–water partition coefficient (Wildman–Crippen LogP) is 3.60. The molecule has 1 heterocycles. The Balaban J connectivity index is 2.08. The highest BCUT2D eigenvalue weighted by molar-refractivity contribution is 9.10. The standard InChI is InChI=1S/C13H12BrFN2O/c1-16-10-4-5-17-11(7-10)8-18-13-6-9(14)2-3-12(13)15/h2-7H,8H2,1H3,(H,16,17). The maximum atomic E-state index is 13.4. The molecule has 1 aromatic carbocycles. The topological polar surface area (TPSA) is 34.2 Å². The van der Waals surface area contributed by atoms with Crippen molar-refractivity contribution < 1.29 is 9.13 Å². The van der Waals surface area contributed by atoms with Gasteiger partial charge in [0.25, 0.3) is 0 Å². The van der Waals surface area contributed by atoms with E-state index in [-0.39, 0.29) is 18.2 Å². The molecule has 1 N–H and O–H groups in total. The van der Waals surface area contributed by atoms with Crippen molar-refractivity contribution in [1.82, 2.24) is 4.98 Å². The normalized spacial score (nSPS) is 10.2. The number of rotatable bonds is 4. The largest absolute Gasteiger partial charge is 0.484 e. The highest BCUT2D eigenvalue weighted by Crippen LogP contribution is 2.23. The van der Waals surface area contributed by atoms with E-state index in [9.17, 15) is 4.39 Å². The van der Waals surface area contributed by atoms with Crippen LogP contribution in [0.15, 0.2) is 41.0 Å². The fraction of sp³-hybridized carbons (Fsp3) is 0.154. The Bertz CT molecular complexity index is 548. The van der Waals surface area contributed by atoms with Crippen LogP contribution in [0.2, 0.25) is 0 Å². The van der Waals surface area contributed by atoms with Crippen LogP contribution in [0.3, 0.4) is 0 Å². The molecule has 0 bridgehead atoms. The molecule has 0 radical (unpaired) electrons. The molecule has 0 amide bonds. The van der Waals surface area contributed by atoms with E-state index < -0.39 is 0 Å². The number of nitrogens with one attached hydrogen (secondary N) is 1. The lowest BCUT2D eigenvalue weighted by Crippen LogP contribution is -2.00. The van der Waals surface area contributed by atoms with Crippen molar-refractivity contribution in [2.75, 3.05) is 12.4 Å². The van der Waals surface area contributed by atoms with E-state index in [1.807, 2.05) is 19.2 Å². The third-order valence-electron chi connectivity index (χ3n) is 2.37. The Kier molecular flexibility index (Phi) is 4.15. The molecule has 1 aromatic heterocycles. The Morgan fingerprint density at radius 2 is 2.17 bits per heavy atom. The van der Waals surface area contributed by atoms with Crippen molar-refractivity contribution in [3.63, 3.8) is 0 Å². The summed E-state index contributed by atoms with van der Waals surface area (Å²) in [4.78, 5) is 4.16. The quantitative estimate of drug-likeness (QED) is 0.937. The van der Waals surface area contributed by atoms with Gasteiger partial charge in [-0.15, -0.1) is 0 Å². The summed E-state index contributed by atoms with van der Waals surface area (Å²) in [6.45, 7) is 0.225. The van der Waals surface area contributed by atoms with E-state index in [4.69, 9.17) is 4.74 Å². The zero-order chi connectivity index (χ0) is 13.0. The van der Waals surface area contributed by atoms with Crippen LogP contribution in [-0.4, -0.2) is 12.0 Å². The molecule has 0 aliphatic heterocycles. The van der Waals surface area contributed by atoms with Gasteiger partial charge >= 0.3 is 0 Å². The third-order valence-corrected chi connectivity index (χ3v) is 2.87. The van der Waals surface area contributed by atoms with Gasteiger partial charge in [0.1, 0.15) is 6.61 Å². The summed E-state index contributed by atoms with van der Waals surface area (Å²) in [6.07, 6.45) is 1.68. The second-order valence-electron chi connectivity index (χ2n) is 3.65. The lowest BCUT2D eigenvalue weighted by atomic mass is 10.3. The summed E-state index contributed by atoms with van der Waals surface area (Å²) >= 11 is 3.27. The van der Waals surface area contributed by atoms with E-state index in [0.29, 0.717) is 0 Å². The van der Waals surface area contributed by atoms with Crippen molar-refractivity contribution in [2.45, 2.75) is 6.61 Å². The van der Waals surface area contributed by atoms with Crippen molar-refractivity contribution >= 4 is 21.6 Å². The summed E-state index contributed by atoms with van der Waals surface area (Å²) in [5.41, 5.74) is 1.68. The second kappa shape index (κ2) is 5.82. The lowest BCUT2D eigenvalue weighted by molar-refractivity contribution is 0.286. The van der Waals surface area contributed by atoms with Crippen LogP contribution in [0.4, 0.5) is 10.1 Å². The van der Waals surface area contributed by atoms with Gasteiger partial charge in [-0.1, -0.05) is 15.9 Å². The van der Waals surface area contributed by atoms with Gasteiger partial charge < -0.3 is 10.1 Å². The van der Waals surface area contributed by atoms with Crippen LogP contribution >= 0.6 is 15.9 Å². The van der Waals surface area contributed by atoms with Gasteiger partial charge in [-0.3, -0.25) is 4.98 Å². The van der Waals surface area contributed by atoms with Crippen LogP contribution in [-0.2, 0) is 6.61 Å². The van der Waals surface area contributed by atoms with E-state index in [1.54, 1.807) is 18.3 Å². The molecule has 0 unspecified atom stereocenters. The van der Waals surface area contributed by atoms with Gasteiger partial charge in [-0.2, -0.15) is 0 Å². The molecule has 0 spiro atoms. The van der Waals surface area contributed by atoms with Crippen molar-refractivity contribution in [2.24, 2.45) is 0 Å². The number of hydrogen-bond donors (Lipinski definition) is 1. The monoisotopic (exact) mass is 310 g/mol. The van der Waals surface area contributed by atoms with E-state index >= 15 is 0 Å². The summed E-state index contributed by atoms with van der Waals surface area (Å²) < 4.78 is 19.6. The average Bonchev–Trinajstić information content (AvgIpc) is 2.40. The zero-order valence-corrected chi connectivity index (χ0v) is 11.4. The Labute approximate surface area is 113 Å². The Morgan fingerprint density at radius 1 is 1.33 bits per heavy atom. The molecule has 2 aromatic rings. The molecule has 2 rings (SSSR count). The maximum absolute atomic E-state index is 13.4. The molecule has 0 fully saturated rings. The van der Waals surface area contributed by atoms with Gasteiger partial charge in [-0.05, 0) is 30.3 Å². The number of nitrogens with zero attached hydrogens (tertiary/aromatic N) is 1. The summed E-state index contributed by atoms with van der Waals surface area (Å²) in [5, 5.41) is 3.01. The number of pyridine rings is 1. The van der Waals surface area contributed by atoms with Crippen LogP contribution in [0, 0.1) is 5.82 Å². The van der Waals surface area contributed by atoms with Crippen LogP contribution in [0.5, 0.6) is 5.75 Å². The van der Waals surface area contributed by atoms with Crippen molar-refractivity contribution in [3.8, 4) is 5.75 Å². The first-order chi connectivity index (χ1) is 8.69. The van der Waals surface area contributed by atoms with E-state index in [2.05, 4.69) is 26.2 Å². The summed E-state index contributed by atoms with van der Waals surface area (Å²) in [7, 11) is 1.83. The predicted molar refractivity (Wildman–Crippen MR) is 72.2 cm³/mol. The van der Waals surface area contributed by atoms with Gasteiger partial charge in [0.2, 0.25) is 0 Å². The molecule has 18 heavy (non-hydrogen) atoms. The fourth-order valence-corrected chi connectivity index (χ4v) is 1.79. The lowest BCUT2D eigenvalue weighted by Gasteiger charge is -2.08. The second-order valence-corrected chi connectivity index (χ2v) is 4.56. The van der Waals surface area contributed by atoms with Gasteiger partial charge in [-0.25, -0.2) is 4.39 Å². The van der Waals surface area contributed by atoms with Gasteiger partial charge in [0.05, 0.1) is 5.69 Å². The molecular formula is C13H12BrFN2O. The molecule has 0 saturated carbocycles. The molecule has 3 nitrogen and oxygen atoms in total. The third kappa shape index (κ3) is 3.20. The smallest absolute Gasteiger partial charge is 0.165 e. The van der Waals surface area contributed by atoms with Gasteiger partial charge in [0, 0.05) is 23.4 Å². The minimum atomic E-state index is -0.386. The number of aromatic nitrogens is 1. The van der Waals surface area contributed by atoms with E-state index in [1.165, 1.54) is 6.07 Å². The number of ether oxygens (including phenoxy) is 1. The summed E-state index contributed by atoms with van der Waals surface area (Å²) in [6, 6.07) is 8.29. The minimum Gasteiger partial charge on any atom is -0.484 e. The summed E-state index contributed by atoms with van der Waals surface area (Å²) in [5.74, 6) is -0.177. The van der Waals surface area contributed by atoms with Crippen LogP contribution in [0.25, 0.3) is 0 Å².